The topological polar surface area (TPSA) is 94.3 Å². The summed E-state index contributed by atoms with van der Waals surface area (Å²) < 4.78 is 44.0. The summed E-state index contributed by atoms with van der Waals surface area (Å²) >= 11 is 0. The summed E-state index contributed by atoms with van der Waals surface area (Å²) in [6.07, 6.45) is 1.39. The fourth-order valence-electron chi connectivity index (χ4n) is 0.746. The third-order valence-corrected chi connectivity index (χ3v) is 4.54. The van der Waals surface area contributed by atoms with Crippen LogP contribution >= 0.6 is 0 Å². The van der Waals surface area contributed by atoms with Gasteiger partial charge in [-0.05, 0) is 13.3 Å². The van der Waals surface area contributed by atoms with Crippen LogP contribution in [0.1, 0.15) is 13.3 Å². The van der Waals surface area contributed by atoms with E-state index in [1.165, 1.54) is 0 Å². The van der Waals surface area contributed by atoms with Crippen molar-refractivity contribution in [3.05, 3.63) is 0 Å². The van der Waals surface area contributed by atoms with Crippen LogP contribution in [0.4, 0.5) is 0 Å². The van der Waals surface area contributed by atoms with Crippen molar-refractivity contribution in [3.63, 3.8) is 0 Å². The van der Waals surface area contributed by atoms with Crippen molar-refractivity contribution in [2.24, 2.45) is 5.73 Å². The van der Waals surface area contributed by atoms with Gasteiger partial charge in [-0.2, -0.15) is 0 Å². The lowest BCUT2D eigenvalue weighted by Crippen LogP contribution is -2.24. The van der Waals surface area contributed by atoms with Gasteiger partial charge in [0.25, 0.3) is 0 Å². The Morgan fingerprint density at radius 3 is 1.93 bits per heavy atom. The second-order valence-electron chi connectivity index (χ2n) is 3.55. The first-order valence-electron chi connectivity index (χ1n) is 4.26. The molecule has 0 aromatic carbocycles. The van der Waals surface area contributed by atoms with Crippen molar-refractivity contribution >= 4 is 19.7 Å². The summed E-state index contributed by atoms with van der Waals surface area (Å²) in [4.78, 5) is 0. The smallest absolute Gasteiger partial charge is 0.151 e. The fraction of sp³-hybridized carbons (Fsp3) is 1.00. The summed E-state index contributed by atoms with van der Waals surface area (Å²) in [5, 5.41) is 0. The molecular formula is C7H17NO4S2. The number of hydrogen-bond acceptors (Lipinski definition) is 5. The normalized spacial score (nSPS) is 15.4. The molecule has 0 aliphatic carbocycles. The van der Waals surface area contributed by atoms with Gasteiger partial charge < -0.3 is 5.73 Å². The van der Waals surface area contributed by atoms with Gasteiger partial charge in [0.2, 0.25) is 0 Å². The molecule has 0 rings (SSSR count). The monoisotopic (exact) mass is 243 g/mol. The van der Waals surface area contributed by atoms with E-state index in [9.17, 15) is 16.8 Å². The molecule has 2 N–H and O–H groups in total. The minimum Gasteiger partial charge on any atom is -0.328 e. The van der Waals surface area contributed by atoms with Crippen LogP contribution in [0.3, 0.4) is 0 Å². The molecule has 0 spiro atoms. The average Bonchev–Trinajstić information content (AvgIpc) is 1.97. The molecule has 5 nitrogen and oxygen atoms in total. The van der Waals surface area contributed by atoms with Crippen molar-refractivity contribution in [3.8, 4) is 0 Å². The first-order chi connectivity index (χ1) is 6.12. The Kier molecular flexibility index (Phi) is 5.03. The van der Waals surface area contributed by atoms with Gasteiger partial charge in [0.1, 0.15) is 9.84 Å². The second-order valence-corrected chi connectivity index (χ2v) is 8.11. The highest BCUT2D eigenvalue weighted by molar-refractivity contribution is 7.94. The van der Waals surface area contributed by atoms with Crippen LogP contribution in [0.25, 0.3) is 0 Å². The maximum Gasteiger partial charge on any atom is 0.151 e. The van der Waals surface area contributed by atoms with Crippen LogP contribution in [0.15, 0.2) is 0 Å². The first kappa shape index (κ1) is 13.9. The molecule has 0 saturated heterocycles. The van der Waals surface area contributed by atoms with Crippen LogP contribution < -0.4 is 5.73 Å². The van der Waals surface area contributed by atoms with Crippen LogP contribution in [0.2, 0.25) is 0 Å². The van der Waals surface area contributed by atoms with Gasteiger partial charge in [0.05, 0.1) is 17.3 Å². The zero-order chi connectivity index (χ0) is 11.4. The van der Waals surface area contributed by atoms with E-state index in [4.69, 9.17) is 5.73 Å². The lowest BCUT2D eigenvalue weighted by atomic mass is 10.3. The minimum absolute atomic E-state index is 0.0415. The molecule has 0 fully saturated rings. The third-order valence-electron chi connectivity index (χ3n) is 1.65. The number of rotatable bonds is 6. The van der Waals surface area contributed by atoms with E-state index in [-0.39, 0.29) is 23.3 Å². The highest BCUT2D eigenvalue weighted by Crippen LogP contribution is 1.98. The molecule has 0 amide bonds. The van der Waals surface area contributed by atoms with E-state index in [1.807, 2.05) is 0 Å². The minimum atomic E-state index is -3.27. The number of nitrogens with two attached hydrogens (primary N) is 1. The summed E-state index contributed by atoms with van der Waals surface area (Å²) in [5.41, 5.74) is 5.40. The van der Waals surface area contributed by atoms with E-state index >= 15 is 0 Å². The fourth-order valence-corrected chi connectivity index (χ4v) is 3.91. The molecule has 7 heteroatoms. The van der Waals surface area contributed by atoms with E-state index in [1.54, 1.807) is 6.92 Å². The van der Waals surface area contributed by atoms with Crippen LogP contribution in [0.5, 0.6) is 0 Å². The van der Waals surface area contributed by atoms with Gasteiger partial charge in [-0.1, -0.05) is 0 Å². The quantitative estimate of drug-likeness (QED) is 0.658. The van der Waals surface area contributed by atoms with Crippen molar-refractivity contribution in [1.82, 2.24) is 0 Å². The van der Waals surface area contributed by atoms with Gasteiger partial charge in [-0.25, -0.2) is 16.8 Å². The first-order valence-corrected chi connectivity index (χ1v) is 8.14. The van der Waals surface area contributed by atoms with Gasteiger partial charge in [-0.3, -0.25) is 0 Å². The molecule has 86 valence electrons. The van der Waals surface area contributed by atoms with E-state index in [2.05, 4.69) is 0 Å². The van der Waals surface area contributed by atoms with Crippen molar-refractivity contribution < 1.29 is 16.8 Å². The zero-order valence-electron chi connectivity index (χ0n) is 8.43. The number of hydrogen-bond donors (Lipinski definition) is 1. The average molecular weight is 243 g/mol. The van der Waals surface area contributed by atoms with Gasteiger partial charge in [-0.15, -0.1) is 0 Å². The Morgan fingerprint density at radius 1 is 1.07 bits per heavy atom. The lowest BCUT2D eigenvalue weighted by molar-refractivity contribution is 0.584. The Hall–Kier alpha value is -0.140. The van der Waals surface area contributed by atoms with Gasteiger partial charge in [0.15, 0.2) is 9.84 Å². The molecular weight excluding hydrogens is 226 g/mol. The molecule has 0 bridgehead atoms. The predicted molar refractivity (Wildman–Crippen MR) is 56.6 cm³/mol. The van der Waals surface area contributed by atoms with Crippen molar-refractivity contribution in [2.45, 2.75) is 19.4 Å². The SMILES string of the molecule is CC(N)CCS(=O)(=O)CCS(C)(=O)=O. The molecule has 0 heterocycles. The highest BCUT2D eigenvalue weighted by atomic mass is 32.2. The summed E-state index contributed by atoms with van der Waals surface area (Å²) in [6, 6.07) is -0.178. The third kappa shape index (κ3) is 8.46. The molecule has 1 unspecified atom stereocenters. The zero-order valence-corrected chi connectivity index (χ0v) is 10.1. The van der Waals surface area contributed by atoms with Crippen LogP contribution in [-0.2, 0) is 19.7 Å². The summed E-state index contributed by atoms with van der Waals surface area (Å²) in [7, 11) is -6.48. The molecule has 0 aromatic rings. The summed E-state index contributed by atoms with van der Waals surface area (Å²) in [5.74, 6) is -0.660. The molecule has 0 radical (unpaired) electrons. The van der Waals surface area contributed by atoms with Crippen molar-refractivity contribution in [2.75, 3.05) is 23.5 Å². The lowest BCUT2D eigenvalue weighted by Gasteiger charge is -2.05. The van der Waals surface area contributed by atoms with Crippen LogP contribution in [-0.4, -0.2) is 46.4 Å². The van der Waals surface area contributed by atoms with E-state index in [0.29, 0.717) is 6.42 Å². The predicted octanol–water partition coefficient (Wildman–Crippen LogP) is -0.817. The van der Waals surface area contributed by atoms with E-state index in [0.717, 1.165) is 6.26 Å². The standard InChI is InChI=1S/C7H17NO4S2/c1-7(8)3-4-14(11,12)6-5-13(2,9)10/h7H,3-6,8H2,1-2H3. The molecule has 0 saturated carbocycles. The largest absolute Gasteiger partial charge is 0.328 e. The molecule has 0 aliphatic heterocycles. The van der Waals surface area contributed by atoms with Crippen molar-refractivity contribution in [1.29, 1.82) is 0 Å². The Balaban J connectivity index is 4.10. The second kappa shape index (κ2) is 5.09. The van der Waals surface area contributed by atoms with Gasteiger partial charge in [0, 0.05) is 12.3 Å². The summed E-state index contributed by atoms with van der Waals surface area (Å²) in [6.45, 7) is 1.71. The maximum atomic E-state index is 11.3. The highest BCUT2D eigenvalue weighted by Gasteiger charge is 2.14. The maximum absolute atomic E-state index is 11.3. The molecule has 1 atom stereocenters. The van der Waals surface area contributed by atoms with E-state index < -0.39 is 19.7 Å². The molecule has 0 aromatic heterocycles. The molecule has 0 aliphatic rings. The Bertz CT molecular complexity index is 355. The Labute approximate surface area is 85.5 Å². The Morgan fingerprint density at radius 2 is 1.57 bits per heavy atom. The van der Waals surface area contributed by atoms with Gasteiger partial charge >= 0.3 is 0 Å². The van der Waals surface area contributed by atoms with Crippen LogP contribution in [0, 0.1) is 0 Å². The number of sulfone groups is 2. The molecule has 14 heavy (non-hydrogen) atoms.